The van der Waals surface area contributed by atoms with E-state index >= 15 is 0 Å². The minimum Gasteiger partial charge on any atom is -0.311 e. The van der Waals surface area contributed by atoms with Crippen LogP contribution < -0.4 is 9.80 Å². The molecule has 3 nitrogen and oxygen atoms in total. The van der Waals surface area contributed by atoms with Crippen molar-refractivity contribution in [1.82, 2.24) is 4.57 Å². The summed E-state index contributed by atoms with van der Waals surface area (Å²) >= 11 is 0. The van der Waals surface area contributed by atoms with Gasteiger partial charge in [-0.25, -0.2) is 0 Å². The molecule has 0 bridgehead atoms. The van der Waals surface area contributed by atoms with Crippen LogP contribution in [0.2, 0.25) is 0 Å². The number of fused-ring (bicyclic) bond motifs is 3. The molecule has 326 valence electrons. The second kappa shape index (κ2) is 18.2. The van der Waals surface area contributed by atoms with Crippen LogP contribution in [0.15, 0.2) is 285 Å². The second-order valence-electron chi connectivity index (χ2n) is 17.4. The fourth-order valence-corrected chi connectivity index (χ4v) is 9.75. The normalized spacial score (nSPS) is 11.2. The molecule has 0 unspecified atom stereocenters. The molecule has 3 heteroatoms. The number of nitrogens with zero attached hydrogens (tertiary/aromatic N) is 3. The lowest BCUT2D eigenvalue weighted by Gasteiger charge is -2.27. The number of para-hydroxylation sites is 2. The van der Waals surface area contributed by atoms with Gasteiger partial charge in [0, 0.05) is 50.6 Å². The van der Waals surface area contributed by atoms with Gasteiger partial charge in [0.2, 0.25) is 0 Å². The smallest absolute Gasteiger partial charge is 0.0561 e. The van der Waals surface area contributed by atoms with Gasteiger partial charge < -0.3 is 14.4 Å². The SMILES string of the molecule is c1ccc(-c2ccc(N(c3ccc(-c4ccccc4)cc3)c3ccc(-c4ccc(N(c5ccc(-c6ccccc6)cc5)c5ccc6c7ccccc7n(-c7ccccc7)c6c5)cc4)cc3)cc2)cc1. The molecule has 0 aliphatic rings. The van der Waals surface area contributed by atoms with Crippen molar-refractivity contribution in [1.29, 1.82) is 0 Å². The lowest BCUT2D eigenvalue weighted by molar-refractivity contribution is 1.18. The van der Waals surface area contributed by atoms with Crippen molar-refractivity contribution < 1.29 is 0 Å². The summed E-state index contributed by atoms with van der Waals surface area (Å²) in [6, 6.07) is 103. The number of anilines is 6. The van der Waals surface area contributed by atoms with Crippen molar-refractivity contribution in [3.63, 3.8) is 0 Å². The Morgan fingerprint density at radius 3 is 0.855 bits per heavy atom. The van der Waals surface area contributed by atoms with Gasteiger partial charge in [-0.3, -0.25) is 0 Å². The maximum absolute atomic E-state index is 2.39. The van der Waals surface area contributed by atoms with Gasteiger partial charge in [0.1, 0.15) is 0 Å². The summed E-state index contributed by atoms with van der Waals surface area (Å²) in [5.41, 5.74) is 19.5. The van der Waals surface area contributed by atoms with E-state index in [4.69, 9.17) is 0 Å². The van der Waals surface area contributed by atoms with Gasteiger partial charge in [-0.1, -0.05) is 194 Å². The number of hydrogen-bond acceptors (Lipinski definition) is 2. The van der Waals surface area contributed by atoms with E-state index in [1.807, 2.05) is 0 Å². The van der Waals surface area contributed by atoms with E-state index in [2.05, 4.69) is 299 Å². The Morgan fingerprint density at radius 1 is 0.203 bits per heavy atom. The number of rotatable bonds is 11. The molecular formula is C66H47N3. The monoisotopic (exact) mass is 881 g/mol. The lowest BCUT2D eigenvalue weighted by Crippen LogP contribution is -2.10. The zero-order valence-corrected chi connectivity index (χ0v) is 38.0. The first-order chi connectivity index (χ1) is 34.2. The van der Waals surface area contributed by atoms with Gasteiger partial charge in [0.25, 0.3) is 0 Å². The minimum atomic E-state index is 1.08. The number of aromatic nitrogens is 1. The van der Waals surface area contributed by atoms with Crippen molar-refractivity contribution >= 4 is 55.9 Å². The van der Waals surface area contributed by atoms with Crippen LogP contribution in [0.5, 0.6) is 0 Å². The van der Waals surface area contributed by atoms with Crippen molar-refractivity contribution in [2.24, 2.45) is 0 Å². The van der Waals surface area contributed by atoms with E-state index in [0.29, 0.717) is 0 Å². The van der Waals surface area contributed by atoms with Gasteiger partial charge >= 0.3 is 0 Å². The van der Waals surface area contributed by atoms with E-state index in [1.165, 1.54) is 49.7 Å². The number of benzene rings is 11. The van der Waals surface area contributed by atoms with Crippen molar-refractivity contribution in [2.45, 2.75) is 0 Å². The largest absolute Gasteiger partial charge is 0.311 e. The van der Waals surface area contributed by atoms with Gasteiger partial charge in [0.15, 0.2) is 0 Å². The van der Waals surface area contributed by atoms with Gasteiger partial charge in [0.05, 0.1) is 11.0 Å². The third-order valence-corrected chi connectivity index (χ3v) is 13.2. The highest BCUT2D eigenvalue weighted by Gasteiger charge is 2.19. The number of hydrogen-bond donors (Lipinski definition) is 0. The first-order valence-electron chi connectivity index (χ1n) is 23.6. The summed E-state index contributed by atoms with van der Waals surface area (Å²) in [5, 5.41) is 2.46. The summed E-state index contributed by atoms with van der Waals surface area (Å²) in [6.07, 6.45) is 0. The zero-order chi connectivity index (χ0) is 45.9. The van der Waals surface area contributed by atoms with Crippen molar-refractivity contribution in [3.8, 4) is 50.2 Å². The molecule has 0 N–H and O–H groups in total. The van der Waals surface area contributed by atoms with Crippen LogP contribution in [0.3, 0.4) is 0 Å². The summed E-state index contributed by atoms with van der Waals surface area (Å²) in [6.45, 7) is 0. The van der Waals surface area contributed by atoms with Gasteiger partial charge in [-0.05, 0) is 136 Å². The topological polar surface area (TPSA) is 11.4 Å². The fraction of sp³-hybridized carbons (Fsp3) is 0. The predicted molar refractivity (Wildman–Crippen MR) is 292 cm³/mol. The third kappa shape index (κ3) is 8.13. The maximum Gasteiger partial charge on any atom is 0.0561 e. The first kappa shape index (κ1) is 41.3. The summed E-state index contributed by atoms with van der Waals surface area (Å²) in [7, 11) is 0. The third-order valence-electron chi connectivity index (χ3n) is 13.2. The Balaban J connectivity index is 0.904. The fourth-order valence-electron chi connectivity index (χ4n) is 9.75. The van der Waals surface area contributed by atoms with E-state index < -0.39 is 0 Å². The minimum absolute atomic E-state index is 1.08. The predicted octanol–water partition coefficient (Wildman–Crippen LogP) is 18.4. The van der Waals surface area contributed by atoms with Crippen LogP contribution in [0, 0.1) is 0 Å². The Morgan fingerprint density at radius 2 is 0.478 bits per heavy atom. The highest BCUT2D eigenvalue weighted by Crippen LogP contribution is 2.42. The van der Waals surface area contributed by atoms with Crippen LogP contribution >= 0.6 is 0 Å². The molecule has 0 fully saturated rings. The van der Waals surface area contributed by atoms with Crippen LogP contribution in [0.25, 0.3) is 72.0 Å². The Hall–Kier alpha value is -9.18. The highest BCUT2D eigenvalue weighted by atomic mass is 15.1. The average molecular weight is 882 g/mol. The van der Waals surface area contributed by atoms with Crippen LogP contribution in [0.1, 0.15) is 0 Å². The van der Waals surface area contributed by atoms with E-state index in [-0.39, 0.29) is 0 Å². The molecule has 0 amide bonds. The first-order valence-corrected chi connectivity index (χ1v) is 23.6. The lowest BCUT2D eigenvalue weighted by atomic mass is 10.0. The molecule has 0 radical (unpaired) electrons. The van der Waals surface area contributed by atoms with Crippen LogP contribution in [0.4, 0.5) is 34.1 Å². The maximum atomic E-state index is 2.39. The average Bonchev–Trinajstić information content (AvgIpc) is 3.77. The molecule has 12 aromatic rings. The van der Waals surface area contributed by atoms with E-state index in [9.17, 15) is 0 Å². The highest BCUT2D eigenvalue weighted by molar-refractivity contribution is 6.10. The molecule has 1 aromatic heterocycles. The molecule has 0 aliphatic carbocycles. The van der Waals surface area contributed by atoms with Gasteiger partial charge in [-0.15, -0.1) is 0 Å². The van der Waals surface area contributed by atoms with E-state index in [0.717, 1.165) is 56.5 Å². The quantitative estimate of drug-likeness (QED) is 0.128. The van der Waals surface area contributed by atoms with Crippen LogP contribution in [-0.4, -0.2) is 4.57 Å². The van der Waals surface area contributed by atoms with Crippen molar-refractivity contribution in [3.05, 3.63) is 285 Å². The summed E-state index contributed by atoms with van der Waals surface area (Å²) in [5.74, 6) is 0. The molecule has 0 spiro atoms. The van der Waals surface area contributed by atoms with Gasteiger partial charge in [-0.2, -0.15) is 0 Å². The molecule has 69 heavy (non-hydrogen) atoms. The molecule has 1 heterocycles. The Kier molecular flexibility index (Phi) is 10.9. The molecule has 0 atom stereocenters. The molecule has 12 rings (SSSR count). The molecule has 11 aromatic carbocycles. The Bertz CT molecular complexity index is 3560. The molecule has 0 saturated carbocycles. The molecule has 0 saturated heterocycles. The molecular weight excluding hydrogens is 835 g/mol. The summed E-state index contributed by atoms with van der Waals surface area (Å²) in [4.78, 5) is 4.71. The van der Waals surface area contributed by atoms with E-state index in [1.54, 1.807) is 0 Å². The summed E-state index contributed by atoms with van der Waals surface area (Å²) < 4.78 is 2.39. The Labute approximate surface area is 403 Å². The van der Waals surface area contributed by atoms with Crippen LogP contribution in [-0.2, 0) is 0 Å². The van der Waals surface area contributed by atoms with Crippen molar-refractivity contribution in [2.75, 3.05) is 9.80 Å². The standard InChI is InChI=1S/C66H47N3/c1-5-15-48(16-6-1)51-25-35-57(36-26-51)67(58-37-27-52(28-38-58)49-17-7-2-8-18-49)59-39-31-54(32-40-59)55-33-43-61(44-34-55)68(60-41-29-53(30-42-60)50-19-9-3-10-20-50)62-45-46-64-63-23-13-14-24-65(63)69(66(64)47-62)56-21-11-4-12-22-56/h1-47H. The molecule has 0 aliphatic heterocycles. The zero-order valence-electron chi connectivity index (χ0n) is 38.0. The second-order valence-corrected chi connectivity index (χ2v) is 17.4.